The molecule has 3 rings (SSSR count). The van der Waals surface area contributed by atoms with E-state index in [0.717, 1.165) is 31.6 Å². The van der Waals surface area contributed by atoms with E-state index in [0.29, 0.717) is 22.0 Å². The minimum absolute atomic E-state index is 0.226. The Hall–Kier alpha value is -2.67. The Bertz CT molecular complexity index is 775. The smallest absolute Gasteiger partial charge is 0.341 e. The van der Waals surface area contributed by atoms with Crippen LogP contribution >= 0.6 is 12.6 Å². The number of ether oxygens (including phenoxy) is 3. The number of hydrogen-bond acceptors (Lipinski definition) is 7. The minimum Gasteiger partial charge on any atom is -0.454 e. The predicted octanol–water partition coefficient (Wildman–Crippen LogP) is 3.66. The van der Waals surface area contributed by atoms with Gasteiger partial charge in [-0.15, -0.1) is 12.6 Å². The molecule has 0 saturated carbocycles. The molecule has 1 fully saturated rings. The van der Waals surface area contributed by atoms with Gasteiger partial charge in [0.05, 0.1) is 11.3 Å². The lowest BCUT2D eigenvalue weighted by atomic mass is 10.1. The van der Waals surface area contributed by atoms with Crippen LogP contribution in [0.3, 0.4) is 0 Å². The fraction of sp³-hybridized carbons (Fsp3) is 0.263. The highest BCUT2D eigenvalue weighted by Crippen LogP contribution is 2.40. The summed E-state index contributed by atoms with van der Waals surface area (Å²) in [5.41, 5.74) is 1.12. The number of carbonyl (C=O) groups excluding carboxylic acids is 2. The Labute approximate surface area is 157 Å². The Morgan fingerprint density at radius 2 is 1.88 bits per heavy atom. The van der Waals surface area contributed by atoms with Gasteiger partial charge in [0.25, 0.3) is 6.47 Å². The highest BCUT2D eigenvalue weighted by Gasteiger charge is 2.22. The van der Waals surface area contributed by atoms with E-state index in [1.807, 2.05) is 30.3 Å². The summed E-state index contributed by atoms with van der Waals surface area (Å²) in [5, 5.41) is 0. The fourth-order valence-electron chi connectivity index (χ4n) is 2.82. The number of rotatable bonds is 7. The molecule has 0 radical (unpaired) electrons. The number of hydrogen-bond donors (Lipinski definition) is 1. The largest absolute Gasteiger partial charge is 0.454 e. The summed E-state index contributed by atoms with van der Waals surface area (Å²) in [4.78, 5) is 25.1. The molecule has 0 aliphatic carbocycles. The van der Waals surface area contributed by atoms with Crippen molar-refractivity contribution in [1.29, 1.82) is 0 Å². The van der Waals surface area contributed by atoms with Crippen LogP contribution in [0, 0.1) is 0 Å². The lowest BCUT2D eigenvalue weighted by Crippen LogP contribution is -2.19. The quantitative estimate of drug-likeness (QED) is 0.263. The first-order valence-electron chi connectivity index (χ1n) is 8.26. The van der Waals surface area contributed by atoms with E-state index in [2.05, 4.69) is 22.3 Å². The van der Waals surface area contributed by atoms with Gasteiger partial charge in [-0.2, -0.15) is 0 Å². The molecule has 0 amide bonds. The SMILES string of the molecule is O=COCOC(=O)c1cc(S)c(Oc2ccccc2)c(N2CCCC2)c1. The van der Waals surface area contributed by atoms with Crippen LogP contribution in [0.25, 0.3) is 0 Å². The fourth-order valence-corrected chi connectivity index (χ4v) is 3.12. The van der Waals surface area contributed by atoms with E-state index in [1.54, 1.807) is 12.1 Å². The van der Waals surface area contributed by atoms with Gasteiger partial charge < -0.3 is 19.1 Å². The van der Waals surface area contributed by atoms with E-state index < -0.39 is 12.8 Å². The molecule has 0 bridgehead atoms. The number of para-hydroxylation sites is 1. The van der Waals surface area contributed by atoms with E-state index >= 15 is 0 Å². The maximum atomic E-state index is 12.2. The molecular formula is C19H19NO5S. The molecule has 136 valence electrons. The van der Waals surface area contributed by atoms with E-state index in [4.69, 9.17) is 9.47 Å². The van der Waals surface area contributed by atoms with Gasteiger partial charge in [-0.3, -0.25) is 4.79 Å². The highest BCUT2D eigenvalue weighted by atomic mass is 32.1. The Morgan fingerprint density at radius 1 is 1.15 bits per heavy atom. The summed E-state index contributed by atoms with van der Waals surface area (Å²) in [5.74, 6) is 0.703. The van der Waals surface area contributed by atoms with Crippen molar-refractivity contribution in [2.45, 2.75) is 17.7 Å². The van der Waals surface area contributed by atoms with Gasteiger partial charge >= 0.3 is 5.97 Å². The maximum absolute atomic E-state index is 12.2. The van der Waals surface area contributed by atoms with Crippen molar-refractivity contribution >= 4 is 30.8 Å². The zero-order chi connectivity index (χ0) is 18.4. The molecular weight excluding hydrogens is 354 g/mol. The number of carbonyl (C=O) groups is 2. The molecule has 26 heavy (non-hydrogen) atoms. The average molecular weight is 373 g/mol. The molecule has 0 N–H and O–H groups in total. The topological polar surface area (TPSA) is 65.1 Å². The van der Waals surface area contributed by atoms with Crippen molar-refractivity contribution in [3.63, 3.8) is 0 Å². The molecule has 6 nitrogen and oxygen atoms in total. The van der Waals surface area contributed by atoms with Crippen molar-refractivity contribution in [2.75, 3.05) is 24.8 Å². The van der Waals surface area contributed by atoms with Crippen LogP contribution in [-0.2, 0) is 14.3 Å². The zero-order valence-electron chi connectivity index (χ0n) is 14.1. The first-order valence-corrected chi connectivity index (χ1v) is 8.71. The number of nitrogens with zero attached hydrogens (tertiary/aromatic N) is 1. The molecule has 1 aliphatic rings. The second kappa shape index (κ2) is 8.62. The second-order valence-corrected chi connectivity index (χ2v) is 6.25. The predicted molar refractivity (Wildman–Crippen MR) is 99.1 cm³/mol. The Morgan fingerprint density at radius 3 is 2.58 bits per heavy atom. The molecule has 0 atom stereocenters. The summed E-state index contributed by atoms with van der Waals surface area (Å²) < 4.78 is 15.4. The molecule has 0 spiro atoms. The van der Waals surface area contributed by atoms with Gasteiger partial charge in [-0.25, -0.2) is 4.79 Å². The first kappa shape index (κ1) is 18.1. The average Bonchev–Trinajstić information content (AvgIpc) is 3.18. The van der Waals surface area contributed by atoms with Crippen molar-refractivity contribution < 1.29 is 23.8 Å². The number of benzene rings is 2. The van der Waals surface area contributed by atoms with Gasteiger partial charge in [0, 0.05) is 18.0 Å². The summed E-state index contributed by atoms with van der Waals surface area (Å²) in [6.07, 6.45) is 2.16. The van der Waals surface area contributed by atoms with Crippen LogP contribution in [0.2, 0.25) is 0 Å². The van der Waals surface area contributed by atoms with Crippen LogP contribution in [0.5, 0.6) is 11.5 Å². The molecule has 0 aromatic heterocycles. The third-order valence-corrected chi connectivity index (χ3v) is 4.35. The first-order chi connectivity index (χ1) is 12.7. The summed E-state index contributed by atoms with van der Waals surface area (Å²) in [6, 6.07) is 12.7. The van der Waals surface area contributed by atoms with Gasteiger partial charge in [0.1, 0.15) is 5.75 Å². The lowest BCUT2D eigenvalue weighted by molar-refractivity contribution is -0.136. The van der Waals surface area contributed by atoms with Crippen LogP contribution in [0.15, 0.2) is 47.4 Å². The monoisotopic (exact) mass is 373 g/mol. The second-order valence-electron chi connectivity index (χ2n) is 5.77. The molecule has 2 aromatic rings. The molecule has 1 saturated heterocycles. The van der Waals surface area contributed by atoms with Crippen LogP contribution < -0.4 is 9.64 Å². The van der Waals surface area contributed by atoms with Crippen molar-refractivity contribution in [2.24, 2.45) is 0 Å². The summed E-state index contributed by atoms with van der Waals surface area (Å²) in [7, 11) is 0. The van der Waals surface area contributed by atoms with Gasteiger partial charge in [0.15, 0.2) is 5.75 Å². The highest BCUT2D eigenvalue weighted by molar-refractivity contribution is 7.80. The number of thiol groups is 1. The molecule has 7 heteroatoms. The molecule has 1 aliphatic heterocycles. The number of anilines is 1. The van der Waals surface area contributed by atoms with Crippen molar-refractivity contribution in [1.82, 2.24) is 0 Å². The Balaban J connectivity index is 1.92. The lowest BCUT2D eigenvalue weighted by Gasteiger charge is -2.23. The van der Waals surface area contributed by atoms with E-state index in [-0.39, 0.29) is 6.47 Å². The normalized spacial score (nSPS) is 13.3. The van der Waals surface area contributed by atoms with Crippen LogP contribution in [-0.4, -0.2) is 32.3 Å². The standard InChI is InChI=1S/C19H19NO5S/c21-12-23-13-24-19(22)14-10-16(20-8-4-5-9-20)18(17(26)11-14)25-15-6-2-1-3-7-15/h1-3,6-7,10-12,26H,4-5,8-9,13H2. The van der Waals surface area contributed by atoms with Gasteiger partial charge in [-0.05, 0) is 37.1 Å². The summed E-state index contributed by atoms with van der Waals surface area (Å²) >= 11 is 4.52. The zero-order valence-corrected chi connectivity index (χ0v) is 15.0. The summed E-state index contributed by atoms with van der Waals surface area (Å²) in [6.45, 7) is 1.56. The van der Waals surface area contributed by atoms with Crippen molar-refractivity contribution in [3.8, 4) is 11.5 Å². The van der Waals surface area contributed by atoms with Gasteiger partial charge in [-0.1, -0.05) is 18.2 Å². The third kappa shape index (κ3) is 4.29. The van der Waals surface area contributed by atoms with Crippen LogP contribution in [0.1, 0.15) is 23.2 Å². The minimum atomic E-state index is -0.589. The van der Waals surface area contributed by atoms with Crippen molar-refractivity contribution in [3.05, 3.63) is 48.0 Å². The van der Waals surface area contributed by atoms with E-state index in [1.165, 1.54) is 0 Å². The number of esters is 1. The molecule has 2 aromatic carbocycles. The third-order valence-electron chi connectivity index (χ3n) is 4.02. The van der Waals surface area contributed by atoms with Crippen LogP contribution in [0.4, 0.5) is 5.69 Å². The molecule has 1 heterocycles. The Kier molecular flexibility index (Phi) is 6.01. The molecule has 0 unspecified atom stereocenters. The van der Waals surface area contributed by atoms with Gasteiger partial charge in [0.2, 0.25) is 6.79 Å². The van der Waals surface area contributed by atoms with E-state index in [9.17, 15) is 9.59 Å². The maximum Gasteiger partial charge on any atom is 0.341 e.